The molecule has 0 amide bonds. The fourth-order valence-electron chi connectivity index (χ4n) is 2.18. The van der Waals surface area contributed by atoms with Crippen LogP contribution in [0.3, 0.4) is 0 Å². The standard InChI is InChI=1S/C10H20N4O/c1-2-3-9-8-14(6-4-10(9)15)7-5-12-13-11/h9-10,15H,2-8H2,1H3/t9-,10-/m1/s1. The van der Waals surface area contributed by atoms with Gasteiger partial charge >= 0.3 is 0 Å². The number of piperidine rings is 1. The zero-order chi connectivity index (χ0) is 11.1. The van der Waals surface area contributed by atoms with Gasteiger partial charge in [0.15, 0.2) is 0 Å². The van der Waals surface area contributed by atoms with Crippen molar-refractivity contribution >= 4 is 0 Å². The molecule has 0 radical (unpaired) electrons. The number of hydrogen-bond donors (Lipinski definition) is 1. The van der Waals surface area contributed by atoms with Crippen molar-refractivity contribution in [3.8, 4) is 0 Å². The van der Waals surface area contributed by atoms with Gasteiger partial charge in [-0.15, -0.1) is 0 Å². The maximum atomic E-state index is 9.78. The smallest absolute Gasteiger partial charge is 0.0592 e. The molecule has 0 aliphatic carbocycles. The molecule has 0 bridgehead atoms. The van der Waals surface area contributed by atoms with Crippen LogP contribution in [0.4, 0.5) is 0 Å². The number of hydrogen-bond acceptors (Lipinski definition) is 3. The van der Waals surface area contributed by atoms with Crippen LogP contribution in [0.25, 0.3) is 10.4 Å². The van der Waals surface area contributed by atoms with Gasteiger partial charge in [0.05, 0.1) is 6.10 Å². The van der Waals surface area contributed by atoms with Gasteiger partial charge in [-0.2, -0.15) is 0 Å². The predicted octanol–water partition coefficient (Wildman–Crippen LogP) is 1.78. The summed E-state index contributed by atoms with van der Waals surface area (Å²) in [5.41, 5.74) is 8.17. The minimum absolute atomic E-state index is 0.138. The minimum atomic E-state index is -0.138. The Kier molecular flexibility index (Phi) is 5.47. The number of azide groups is 1. The Morgan fingerprint density at radius 2 is 2.40 bits per heavy atom. The number of aliphatic hydroxyl groups excluding tert-OH is 1. The second kappa shape index (κ2) is 6.67. The van der Waals surface area contributed by atoms with Crippen molar-refractivity contribution in [2.45, 2.75) is 32.3 Å². The van der Waals surface area contributed by atoms with Gasteiger partial charge in [0.2, 0.25) is 0 Å². The van der Waals surface area contributed by atoms with E-state index in [0.29, 0.717) is 12.5 Å². The van der Waals surface area contributed by atoms with E-state index in [1.165, 1.54) is 0 Å². The van der Waals surface area contributed by atoms with Gasteiger partial charge in [0.1, 0.15) is 0 Å². The Labute approximate surface area is 90.7 Å². The molecule has 2 atom stereocenters. The van der Waals surface area contributed by atoms with Crippen LogP contribution in [-0.2, 0) is 0 Å². The van der Waals surface area contributed by atoms with E-state index >= 15 is 0 Å². The molecule has 1 fully saturated rings. The van der Waals surface area contributed by atoms with Gasteiger partial charge in [0.25, 0.3) is 0 Å². The first-order valence-electron chi connectivity index (χ1n) is 5.69. The zero-order valence-corrected chi connectivity index (χ0v) is 9.34. The molecule has 0 aromatic rings. The van der Waals surface area contributed by atoms with Crippen LogP contribution in [0, 0.1) is 5.92 Å². The van der Waals surface area contributed by atoms with Gasteiger partial charge in [0, 0.05) is 31.1 Å². The van der Waals surface area contributed by atoms with Gasteiger partial charge in [-0.25, -0.2) is 0 Å². The molecule has 86 valence electrons. The van der Waals surface area contributed by atoms with Gasteiger partial charge < -0.3 is 10.0 Å². The molecule has 15 heavy (non-hydrogen) atoms. The van der Waals surface area contributed by atoms with Gasteiger partial charge in [-0.3, -0.25) is 0 Å². The van der Waals surface area contributed by atoms with Crippen LogP contribution in [-0.4, -0.2) is 42.3 Å². The third-order valence-corrected chi connectivity index (χ3v) is 3.02. The Bertz CT molecular complexity index is 227. The normalized spacial score (nSPS) is 27.3. The first-order valence-corrected chi connectivity index (χ1v) is 5.69. The monoisotopic (exact) mass is 212 g/mol. The Morgan fingerprint density at radius 1 is 1.60 bits per heavy atom. The van der Waals surface area contributed by atoms with Crippen molar-refractivity contribution in [2.24, 2.45) is 11.0 Å². The largest absolute Gasteiger partial charge is 0.393 e. The molecule has 1 aliphatic heterocycles. The first kappa shape index (κ1) is 12.3. The molecule has 1 N–H and O–H groups in total. The summed E-state index contributed by atoms with van der Waals surface area (Å²) >= 11 is 0. The minimum Gasteiger partial charge on any atom is -0.393 e. The first-order chi connectivity index (χ1) is 7.27. The molecule has 0 spiro atoms. The van der Waals surface area contributed by atoms with Crippen LogP contribution in [0.5, 0.6) is 0 Å². The van der Waals surface area contributed by atoms with Crippen molar-refractivity contribution in [1.82, 2.24) is 4.90 Å². The van der Waals surface area contributed by atoms with Crippen LogP contribution in [0.1, 0.15) is 26.2 Å². The van der Waals surface area contributed by atoms with Crippen LogP contribution < -0.4 is 0 Å². The summed E-state index contributed by atoms with van der Waals surface area (Å²) in [4.78, 5) is 5.02. The van der Waals surface area contributed by atoms with E-state index in [9.17, 15) is 5.11 Å². The van der Waals surface area contributed by atoms with Crippen molar-refractivity contribution in [2.75, 3.05) is 26.2 Å². The molecule has 1 rings (SSSR count). The summed E-state index contributed by atoms with van der Waals surface area (Å²) < 4.78 is 0. The van der Waals surface area contributed by atoms with Crippen LogP contribution in [0.15, 0.2) is 5.11 Å². The van der Waals surface area contributed by atoms with Crippen LogP contribution >= 0.6 is 0 Å². The number of rotatable bonds is 5. The average molecular weight is 212 g/mol. The zero-order valence-electron chi connectivity index (χ0n) is 9.34. The lowest BCUT2D eigenvalue weighted by Gasteiger charge is -2.35. The fraction of sp³-hybridized carbons (Fsp3) is 1.00. The van der Waals surface area contributed by atoms with E-state index in [-0.39, 0.29) is 6.10 Å². The van der Waals surface area contributed by atoms with E-state index in [1.807, 2.05) is 0 Å². The SMILES string of the molecule is CCC[C@@H]1CN(CCN=[N+]=[N-])CC[C@H]1O. The molecular formula is C10H20N4O. The van der Waals surface area contributed by atoms with Crippen molar-refractivity contribution in [3.63, 3.8) is 0 Å². The van der Waals surface area contributed by atoms with Crippen LogP contribution in [0.2, 0.25) is 0 Å². The Hall–Kier alpha value is -0.770. The van der Waals surface area contributed by atoms with E-state index in [4.69, 9.17) is 5.53 Å². The number of nitrogens with zero attached hydrogens (tertiary/aromatic N) is 4. The van der Waals surface area contributed by atoms with Gasteiger partial charge in [-0.1, -0.05) is 18.5 Å². The molecule has 1 saturated heterocycles. The molecule has 0 saturated carbocycles. The third kappa shape index (κ3) is 4.08. The predicted molar refractivity (Wildman–Crippen MR) is 59.5 cm³/mol. The van der Waals surface area contributed by atoms with E-state index in [2.05, 4.69) is 21.8 Å². The second-order valence-electron chi connectivity index (χ2n) is 4.16. The summed E-state index contributed by atoms with van der Waals surface area (Å²) in [5, 5.41) is 13.3. The number of aliphatic hydroxyl groups is 1. The summed E-state index contributed by atoms with van der Waals surface area (Å²) in [6, 6.07) is 0. The highest BCUT2D eigenvalue weighted by atomic mass is 16.3. The Balaban J connectivity index is 2.32. The van der Waals surface area contributed by atoms with Crippen molar-refractivity contribution in [1.29, 1.82) is 0 Å². The number of likely N-dealkylation sites (tertiary alicyclic amines) is 1. The summed E-state index contributed by atoms with van der Waals surface area (Å²) in [6.45, 7) is 5.35. The lowest BCUT2D eigenvalue weighted by atomic mass is 9.91. The lowest BCUT2D eigenvalue weighted by molar-refractivity contribution is 0.0239. The third-order valence-electron chi connectivity index (χ3n) is 3.02. The molecule has 5 nitrogen and oxygen atoms in total. The Morgan fingerprint density at radius 3 is 3.07 bits per heavy atom. The molecule has 0 aromatic heterocycles. The summed E-state index contributed by atoms with van der Waals surface area (Å²) in [7, 11) is 0. The maximum absolute atomic E-state index is 9.78. The highest BCUT2D eigenvalue weighted by Crippen LogP contribution is 2.21. The van der Waals surface area contributed by atoms with Gasteiger partial charge in [-0.05, 0) is 24.3 Å². The molecule has 1 heterocycles. The molecule has 0 unspecified atom stereocenters. The van der Waals surface area contributed by atoms with E-state index < -0.39 is 0 Å². The average Bonchev–Trinajstić information content (AvgIpc) is 2.23. The quantitative estimate of drug-likeness (QED) is 0.428. The van der Waals surface area contributed by atoms with E-state index in [0.717, 1.165) is 38.9 Å². The molecule has 5 heteroatoms. The highest BCUT2D eigenvalue weighted by molar-refractivity contribution is 4.79. The summed E-state index contributed by atoms with van der Waals surface area (Å²) in [5.74, 6) is 0.398. The topological polar surface area (TPSA) is 72.2 Å². The maximum Gasteiger partial charge on any atom is 0.0592 e. The van der Waals surface area contributed by atoms with E-state index in [1.54, 1.807) is 0 Å². The molecular weight excluding hydrogens is 192 g/mol. The molecule has 1 aliphatic rings. The highest BCUT2D eigenvalue weighted by Gasteiger charge is 2.26. The van der Waals surface area contributed by atoms with Crippen molar-refractivity contribution < 1.29 is 5.11 Å². The second-order valence-corrected chi connectivity index (χ2v) is 4.16. The van der Waals surface area contributed by atoms with Crippen molar-refractivity contribution in [3.05, 3.63) is 10.4 Å². The summed E-state index contributed by atoms with van der Waals surface area (Å²) in [6.07, 6.45) is 2.91. The molecule has 0 aromatic carbocycles. The lowest BCUT2D eigenvalue weighted by Crippen LogP contribution is -2.43. The fourth-order valence-corrected chi connectivity index (χ4v) is 2.18.